The van der Waals surface area contributed by atoms with Gasteiger partial charge in [-0.05, 0) is 79.8 Å². The minimum Gasteiger partial charge on any atom is -0.228 e. The molecule has 0 bridgehead atoms. The van der Waals surface area contributed by atoms with Gasteiger partial charge in [-0.3, -0.25) is 0 Å². The number of aromatic nitrogens is 2. The van der Waals surface area contributed by atoms with Crippen LogP contribution in [0.4, 0.5) is 0 Å². The Bertz CT molecular complexity index is 2890. The van der Waals surface area contributed by atoms with Crippen molar-refractivity contribution < 1.29 is 0 Å². The summed E-state index contributed by atoms with van der Waals surface area (Å²) in [6, 6.07) is 60.9. The maximum absolute atomic E-state index is 5.31. The summed E-state index contributed by atoms with van der Waals surface area (Å²) in [5.41, 5.74) is 7.36. The lowest BCUT2D eigenvalue weighted by Gasteiger charge is -2.15. The van der Waals surface area contributed by atoms with Gasteiger partial charge in [-0.25, -0.2) is 9.97 Å². The van der Waals surface area contributed by atoms with Gasteiger partial charge in [0, 0.05) is 36.9 Å². The average molecular weight is 641 g/mol. The Hall–Kier alpha value is -6.16. The molecule has 228 valence electrons. The second-order valence-corrected chi connectivity index (χ2v) is 13.7. The van der Waals surface area contributed by atoms with Gasteiger partial charge in [0.1, 0.15) is 0 Å². The van der Waals surface area contributed by atoms with Crippen LogP contribution in [-0.4, -0.2) is 9.97 Å². The molecule has 0 atom stereocenters. The van der Waals surface area contributed by atoms with E-state index in [1.54, 1.807) is 0 Å². The van der Waals surface area contributed by atoms with Crippen molar-refractivity contribution in [2.75, 3.05) is 0 Å². The van der Waals surface area contributed by atoms with Crippen molar-refractivity contribution in [1.29, 1.82) is 0 Å². The third-order valence-corrected chi connectivity index (χ3v) is 10.8. The second-order valence-electron chi connectivity index (χ2n) is 12.6. The maximum Gasteiger partial charge on any atom is 0.160 e. The van der Waals surface area contributed by atoms with Gasteiger partial charge in [0.2, 0.25) is 0 Å². The normalized spacial score (nSPS) is 11.7. The Balaban J connectivity index is 1.21. The number of thiophene rings is 1. The van der Waals surface area contributed by atoms with E-state index in [2.05, 4.69) is 164 Å². The molecule has 0 aliphatic heterocycles. The molecule has 49 heavy (non-hydrogen) atoms. The fraction of sp³-hybridized carbons (Fsp3) is 0. The van der Waals surface area contributed by atoms with Gasteiger partial charge >= 0.3 is 0 Å². The molecule has 10 aromatic rings. The summed E-state index contributed by atoms with van der Waals surface area (Å²) >= 11 is 1.85. The third-order valence-electron chi connectivity index (χ3n) is 9.65. The quantitative estimate of drug-likeness (QED) is 0.141. The molecule has 2 aromatic heterocycles. The first-order valence-corrected chi connectivity index (χ1v) is 17.4. The van der Waals surface area contributed by atoms with E-state index in [0.29, 0.717) is 5.82 Å². The van der Waals surface area contributed by atoms with Crippen molar-refractivity contribution in [2.45, 2.75) is 0 Å². The molecule has 0 radical (unpaired) electrons. The summed E-state index contributed by atoms with van der Waals surface area (Å²) in [6.07, 6.45) is 0. The molecule has 0 saturated carbocycles. The van der Waals surface area contributed by atoms with Crippen molar-refractivity contribution in [2.24, 2.45) is 0 Å². The van der Waals surface area contributed by atoms with E-state index in [9.17, 15) is 0 Å². The SMILES string of the molecule is c1ccc(-c2nc(-c3cccc(-c4ccc5sc6ccccc6c5c4)c3)cc(-c3c4ccccc4cc4c3ccc3ccccc34)n2)cc1. The maximum atomic E-state index is 5.31. The minimum absolute atomic E-state index is 0.714. The van der Waals surface area contributed by atoms with E-state index < -0.39 is 0 Å². The molecule has 2 nitrogen and oxygen atoms in total. The minimum atomic E-state index is 0.714. The molecule has 8 aromatic carbocycles. The molecular formula is C46H28N2S. The van der Waals surface area contributed by atoms with E-state index in [0.717, 1.165) is 33.6 Å². The zero-order chi connectivity index (χ0) is 32.3. The van der Waals surface area contributed by atoms with Crippen molar-refractivity contribution >= 4 is 63.8 Å². The predicted octanol–water partition coefficient (Wildman–Crippen LogP) is 13.0. The number of hydrogen-bond acceptors (Lipinski definition) is 3. The summed E-state index contributed by atoms with van der Waals surface area (Å²) in [6.45, 7) is 0. The van der Waals surface area contributed by atoms with Crippen LogP contribution >= 0.6 is 11.3 Å². The fourth-order valence-electron chi connectivity index (χ4n) is 7.30. The van der Waals surface area contributed by atoms with E-state index in [1.807, 2.05) is 17.4 Å². The Morgan fingerprint density at radius 3 is 1.90 bits per heavy atom. The van der Waals surface area contributed by atoms with Gasteiger partial charge in [-0.15, -0.1) is 11.3 Å². The molecule has 3 heteroatoms. The summed E-state index contributed by atoms with van der Waals surface area (Å²) < 4.78 is 2.63. The average Bonchev–Trinajstić information content (AvgIpc) is 3.55. The summed E-state index contributed by atoms with van der Waals surface area (Å²) in [5.74, 6) is 0.714. The Morgan fingerprint density at radius 2 is 1.00 bits per heavy atom. The lowest BCUT2D eigenvalue weighted by Crippen LogP contribution is -1.97. The van der Waals surface area contributed by atoms with Crippen LogP contribution in [-0.2, 0) is 0 Å². The highest BCUT2D eigenvalue weighted by Gasteiger charge is 2.17. The molecule has 0 fully saturated rings. The Labute approximate surface area is 287 Å². The van der Waals surface area contributed by atoms with Crippen LogP contribution in [0.2, 0.25) is 0 Å². The predicted molar refractivity (Wildman–Crippen MR) is 209 cm³/mol. The summed E-state index contributed by atoms with van der Waals surface area (Å²) in [4.78, 5) is 10.5. The Kier molecular flexibility index (Phi) is 6.39. The van der Waals surface area contributed by atoms with Gasteiger partial charge in [0.25, 0.3) is 0 Å². The molecule has 0 N–H and O–H groups in total. The van der Waals surface area contributed by atoms with Gasteiger partial charge in [0.15, 0.2) is 5.82 Å². The van der Waals surface area contributed by atoms with Crippen LogP contribution in [0.5, 0.6) is 0 Å². The molecule has 0 aliphatic rings. The summed E-state index contributed by atoms with van der Waals surface area (Å²) in [5, 5.41) is 9.87. The van der Waals surface area contributed by atoms with Crippen LogP contribution in [0.25, 0.3) is 97.5 Å². The molecule has 0 saturated heterocycles. The van der Waals surface area contributed by atoms with Gasteiger partial charge < -0.3 is 0 Å². The first kappa shape index (κ1) is 27.9. The van der Waals surface area contributed by atoms with Crippen molar-refractivity contribution in [3.05, 3.63) is 170 Å². The summed E-state index contributed by atoms with van der Waals surface area (Å²) in [7, 11) is 0. The standard InChI is InChI=1S/C46H28N2S/c1-2-12-30(13-3-1)46-47-41(34-16-10-15-31(25-34)32-22-24-44-40(26-32)37-19-8-9-20-43(37)49-44)28-42(48-46)45-36-18-7-5-14-33(36)27-39-35-17-6-4-11-29(35)21-23-38(39)45/h1-28H. The smallest absolute Gasteiger partial charge is 0.160 e. The van der Waals surface area contributed by atoms with Crippen molar-refractivity contribution in [1.82, 2.24) is 9.97 Å². The second kappa shape index (κ2) is 11.2. The fourth-order valence-corrected chi connectivity index (χ4v) is 8.39. The lowest BCUT2D eigenvalue weighted by atomic mass is 9.91. The number of hydrogen-bond donors (Lipinski definition) is 0. The molecule has 10 rings (SSSR count). The van der Waals surface area contributed by atoms with Gasteiger partial charge in [-0.1, -0.05) is 133 Å². The molecule has 0 unspecified atom stereocenters. The zero-order valence-corrected chi connectivity index (χ0v) is 27.3. The number of rotatable bonds is 4. The van der Waals surface area contributed by atoms with Crippen LogP contribution in [0.1, 0.15) is 0 Å². The highest BCUT2D eigenvalue weighted by atomic mass is 32.1. The van der Waals surface area contributed by atoms with Crippen molar-refractivity contribution in [3.63, 3.8) is 0 Å². The first-order chi connectivity index (χ1) is 24.3. The van der Waals surface area contributed by atoms with E-state index in [-0.39, 0.29) is 0 Å². The van der Waals surface area contributed by atoms with Crippen LogP contribution in [0.3, 0.4) is 0 Å². The van der Waals surface area contributed by atoms with Crippen LogP contribution in [0, 0.1) is 0 Å². The highest BCUT2D eigenvalue weighted by Crippen LogP contribution is 2.41. The largest absolute Gasteiger partial charge is 0.228 e. The number of benzene rings is 8. The third kappa shape index (κ3) is 4.70. The van der Waals surface area contributed by atoms with E-state index >= 15 is 0 Å². The number of fused-ring (bicyclic) bond motifs is 7. The molecule has 2 heterocycles. The lowest BCUT2D eigenvalue weighted by molar-refractivity contribution is 1.19. The zero-order valence-electron chi connectivity index (χ0n) is 26.5. The molecule has 0 aliphatic carbocycles. The Morgan fingerprint density at radius 1 is 0.327 bits per heavy atom. The molecular weight excluding hydrogens is 613 g/mol. The van der Waals surface area contributed by atoms with Crippen LogP contribution < -0.4 is 0 Å². The molecule has 0 amide bonds. The van der Waals surface area contributed by atoms with Crippen LogP contribution in [0.15, 0.2) is 170 Å². The van der Waals surface area contributed by atoms with E-state index in [4.69, 9.17) is 9.97 Å². The van der Waals surface area contributed by atoms with Gasteiger partial charge in [-0.2, -0.15) is 0 Å². The van der Waals surface area contributed by atoms with Crippen molar-refractivity contribution in [3.8, 4) is 45.0 Å². The molecule has 0 spiro atoms. The van der Waals surface area contributed by atoms with E-state index in [1.165, 1.54) is 58.1 Å². The van der Waals surface area contributed by atoms with Gasteiger partial charge in [0.05, 0.1) is 11.4 Å². The topological polar surface area (TPSA) is 25.8 Å². The first-order valence-electron chi connectivity index (χ1n) is 16.6. The highest BCUT2D eigenvalue weighted by molar-refractivity contribution is 7.25. The monoisotopic (exact) mass is 640 g/mol. The number of nitrogens with zero attached hydrogens (tertiary/aromatic N) is 2.